The van der Waals surface area contributed by atoms with Gasteiger partial charge in [0.1, 0.15) is 0 Å². The van der Waals surface area contributed by atoms with Gasteiger partial charge in [0.25, 0.3) is 0 Å². The first-order chi connectivity index (χ1) is 14.8. The van der Waals surface area contributed by atoms with Crippen LogP contribution in [0.15, 0.2) is 109 Å². The zero-order chi connectivity index (χ0) is 20.4. The van der Waals surface area contributed by atoms with Gasteiger partial charge < -0.3 is 0 Å². The lowest BCUT2D eigenvalue weighted by molar-refractivity contribution is 1.60. The van der Waals surface area contributed by atoms with E-state index in [-0.39, 0.29) is 0 Å². The second-order valence-electron chi connectivity index (χ2n) is 7.15. The molecule has 0 heteroatoms. The molecule has 0 aliphatic carbocycles. The van der Waals surface area contributed by atoms with Crippen molar-refractivity contribution in [1.82, 2.24) is 0 Å². The van der Waals surface area contributed by atoms with Crippen molar-refractivity contribution in [3.8, 4) is 0 Å². The Morgan fingerprint density at radius 1 is 0.233 bits per heavy atom. The lowest BCUT2D eigenvalue weighted by atomic mass is 10.1. The van der Waals surface area contributed by atoms with Crippen molar-refractivity contribution in [3.63, 3.8) is 0 Å². The maximum Gasteiger partial charge on any atom is -0.0256 e. The van der Waals surface area contributed by atoms with E-state index >= 15 is 0 Å². The van der Waals surface area contributed by atoms with Crippen LogP contribution in [0.3, 0.4) is 0 Å². The predicted molar refractivity (Wildman–Crippen MR) is 133 cm³/mol. The Morgan fingerprint density at radius 2 is 0.433 bits per heavy atom. The standard InChI is InChI=1S/C30H24/c1-3-7-25(8-4-1)11-13-27-15-19-29(20-16-27)23-24-30-21-17-28(18-22-30)14-12-26-9-5-2-6-10-26/h1-24H. The Labute approximate surface area is 179 Å². The molecule has 0 bridgehead atoms. The molecule has 0 N–H and O–H groups in total. The summed E-state index contributed by atoms with van der Waals surface area (Å²) in [5.41, 5.74) is 7.21. The second kappa shape index (κ2) is 10.0. The van der Waals surface area contributed by atoms with E-state index in [0.29, 0.717) is 0 Å². The van der Waals surface area contributed by atoms with Crippen LogP contribution in [0.25, 0.3) is 36.5 Å². The van der Waals surface area contributed by atoms with Crippen molar-refractivity contribution in [2.24, 2.45) is 0 Å². The molecule has 0 nitrogen and oxygen atoms in total. The molecule has 0 aliphatic heterocycles. The summed E-state index contributed by atoms with van der Waals surface area (Å²) in [6, 6.07) is 37.9. The summed E-state index contributed by atoms with van der Waals surface area (Å²) in [4.78, 5) is 0. The van der Waals surface area contributed by atoms with E-state index in [1.165, 1.54) is 33.4 Å². The van der Waals surface area contributed by atoms with Crippen molar-refractivity contribution < 1.29 is 0 Å². The van der Waals surface area contributed by atoms with Gasteiger partial charge in [-0.15, -0.1) is 0 Å². The van der Waals surface area contributed by atoms with Crippen molar-refractivity contribution in [2.75, 3.05) is 0 Å². The Balaban J connectivity index is 1.36. The lowest BCUT2D eigenvalue weighted by Gasteiger charge is -1.99. The third kappa shape index (κ3) is 5.80. The van der Waals surface area contributed by atoms with Crippen molar-refractivity contribution in [1.29, 1.82) is 0 Å². The SMILES string of the molecule is C(=Cc1ccc(C=Cc2ccc(C=Cc3ccccc3)cc2)cc1)c1ccccc1. The van der Waals surface area contributed by atoms with Crippen LogP contribution in [-0.2, 0) is 0 Å². The molecule has 4 aromatic carbocycles. The van der Waals surface area contributed by atoms with Crippen LogP contribution in [-0.4, -0.2) is 0 Å². The van der Waals surface area contributed by atoms with E-state index in [2.05, 4.69) is 134 Å². The first-order valence-electron chi connectivity index (χ1n) is 10.2. The fourth-order valence-electron chi connectivity index (χ4n) is 3.14. The van der Waals surface area contributed by atoms with E-state index < -0.39 is 0 Å². The van der Waals surface area contributed by atoms with Gasteiger partial charge in [-0.3, -0.25) is 0 Å². The van der Waals surface area contributed by atoms with Gasteiger partial charge in [0.05, 0.1) is 0 Å². The molecule has 4 aromatic rings. The highest BCUT2D eigenvalue weighted by molar-refractivity contribution is 5.74. The van der Waals surface area contributed by atoms with E-state index in [4.69, 9.17) is 0 Å². The second-order valence-corrected chi connectivity index (χ2v) is 7.15. The van der Waals surface area contributed by atoms with E-state index in [9.17, 15) is 0 Å². The molecule has 0 spiro atoms. The fraction of sp³-hybridized carbons (Fsp3) is 0. The molecule has 0 amide bonds. The number of rotatable bonds is 6. The van der Waals surface area contributed by atoms with Crippen LogP contribution >= 0.6 is 0 Å². The monoisotopic (exact) mass is 384 g/mol. The molecular weight excluding hydrogens is 360 g/mol. The summed E-state index contributed by atoms with van der Waals surface area (Å²) in [5.74, 6) is 0. The molecule has 144 valence electrons. The van der Waals surface area contributed by atoms with Crippen LogP contribution in [0.2, 0.25) is 0 Å². The summed E-state index contributed by atoms with van der Waals surface area (Å²) in [7, 11) is 0. The molecule has 4 rings (SSSR count). The van der Waals surface area contributed by atoms with Crippen molar-refractivity contribution >= 4 is 36.5 Å². The number of hydrogen-bond acceptors (Lipinski definition) is 0. The van der Waals surface area contributed by atoms with Crippen molar-refractivity contribution in [3.05, 3.63) is 143 Å². The molecule has 0 saturated carbocycles. The van der Waals surface area contributed by atoms with E-state index in [1.807, 2.05) is 12.1 Å². The Hall–Kier alpha value is -3.90. The zero-order valence-electron chi connectivity index (χ0n) is 16.9. The van der Waals surface area contributed by atoms with Crippen LogP contribution in [0.1, 0.15) is 33.4 Å². The largest absolute Gasteiger partial charge is 0.0622 e. The fourth-order valence-corrected chi connectivity index (χ4v) is 3.14. The average Bonchev–Trinajstić information content (AvgIpc) is 2.83. The molecule has 30 heavy (non-hydrogen) atoms. The van der Waals surface area contributed by atoms with Gasteiger partial charge in [0.2, 0.25) is 0 Å². The molecule has 0 aromatic heterocycles. The minimum absolute atomic E-state index is 1.19. The summed E-state index contributed by atoms with van der Waals surface area (Å²) in [5, 5.41) is 0. The smallest absolute Gasteiger partial charge is 0.0256 e. The van der Waals surface area contributed by atoms with Gasteiger partial charge >= 0.3 is 0 Å². The van der Waals surface area contributed by atoms with E-state index in [1.54, 1.807) is 0 Å². The highest BCUT2D eigenvalue weighted by atomic mass is 14.0. The first-order valence-corrected chi connectivity index (χ1v) is 10.2. The zero-order valence-corrected chi connectivity index (χ0v) is 16.9. The van der Waals surface area contributed by atoms with Gasteiger partial charge in [0, 0.05) is 0 Å². The van der Waals surface area contributed by atoms with Crippen LogP contribution in [0, 0.1) is 0 Å². The summed E-state index contributed by atoms with van der Waals surface area (Å²) in [6.07, 6.45) is 12.9. The summed E-state index contributed by atoms with van der Waals surface area (Å²) < 4.78 is 0. The first kappa shape index (κ1) is 19.4. The van der Waals surface area contributed by atoms with Gasteiger partial charge in [0.15, 0.2) is 0 Å². The normalized spacial score (nSPS) is 11.6. The maximum atomic E-state index is 2.15. The van der Waals surface area contributed by atoms with Crippen LogP contribution in [0.4, 0.5) is 0 Å². The topological polar surface area (TPSA) is 0 Å². The molecule has 0 fully saturated rings. The predicted octanol–water partition coefficient (Wildman–Crippen LogP) is 8.20. The molecule has 0 atom stereocenters. The minimum atomic E-state index is 1.19. The molecule has 0 unspecified atom stereocenters. The maximum absolute atomic E-state index is 2.15. The van der Waals surface area contributed by atoms with Gasteiger partial charge in [-0.1, -0.05) is 146 Å². The molecule has 0 aliphatic rings. The van der Waals surface area contributed by atoms with Crippen LogP contribution < -0.4 is 0 Å². The molecule has 0 radical (unpaired) electrons. The third-order valence-electron chi connectivity index (χ3n) is 4.88. The highest BCUT2D eigenvalue weighted by Crippen LogP contribution is 2.14. The summed E-state index contributed by atoms with van der Waals surface area (Å²) >= 11 is 0. The molecular formula is C30H24. The third-order valence-corrected chi connectivity index (χ3v) is 4.88. The van der Waals surface area contributed by atoms with Gasteiger partial charge in [-0.05, 0) is 33.4 Å². The molecule has 0 saturated heterocycles. The van der Waals surface area contributed by atoms with Crippen LogP contribution in [0.5, 0.6) is 0 Å². The number of hydrogen-bond donors (Lipinski definition) is 0. The Bertz CT molecular complexity index is 1030. The number of benzene rings is 4. The highest BCUT2D eigenvalue weighted by Gasteiger charge is 1.92. The van der Waals surface area contributed by atoms with Gasteiger partial charge in [-0.2, -0.15) is 0 Å². The minimum Gasteiger partial charge on any atom is -0.0622 e. The Morgan fingerprint density at radius 3 is 0.667 bits per heavy atom. The Kier molecular flexibility index (Phi) is 6.50. The lowest BCUT2D eigenvalue weighted by Crippen LogP contribution is -1.77. The summed E-state index contributed by atoms with van der Waals surface area (Å²) in [6.45, 7) is 0. The van der Waals surface area contributed by atoms with Crippen molar-refractivity contribution in [2.45, 2.75) is 0 Å². The molecule has 0 heterocycles. The van der Waals surface area contributed by atoms with E-state index in [0.717, 1.165) is 0 Å². The van der Waals surface area contributed by atoms with Gasteiger partial charge in [-0.25, -0.2) is 0 Å². The quantitative estimate of drug-likeness (QED) is 0.294. The average molecular weight is 385 g/mol.